The van der Waals surface area contributed by atoms with Gasteiger partial charge in [-0.15, -0.1) is 0 Å². The third-order valence-electron chi connectivity index (χ3n) is 9.98. The number of nitriles is 2. The molecular weight excluding hydrogens is 597 g/mol. The molecule has 9 rings (SSSR count). The molecule has 0 amide bonds. The molecule has 0 spiro atoms. The number of rotatable bonds is 5. The van der Waals surface area contributed by atoms with Crippen molar-refractivity contribution in [2.24, 2.45) is 0 Å². The van der Waals surface area contributed by atoms with Crippen LogP contribution in [0.5, 0.6) is 0 Å². The molecule has 0 fully saturated rings. The van der Waals surface area contributed by atoms with Gasteiger partial charge in [-0.2, -0.15) is 10.5 Å². The van der Waals surface area contributed by atoms with E-state index in [0.717, 1.165) is 57.6 Å². The van der Waals surface area contributed by atoms with Crippen molar-refractivity contribution in [3.05, 3.63) is 167 Å². The van der Waals surface area contributed by atoms with Crippen LogP contribution in [-0.2, 0) is 13.0 Å². The molecule has 0 radical (unpaired) electrons. The lowest BCUT2D eigenvalue weighted by Gasteiger charge is -2.17. The van der Waals surface area contributed by atoms with Crippen LogP contribution in [0.1, 0.15) is 28.8 Å². The maximum atomic E-state index is 10.1. The first-order valence-electron chi connectivity index (χ1n) is 16.6. The molecule has 8 aromatic rings. The molecule has 1 aliphatic rings. The second-order valence-electron chi connectivity index (χ2n) is 12.7. The summed E-state index contributed by atoms with van der Waals surface area (Å²) in [6.07, 6.45) is 3.71. The minimum atomic E-state index is 0.624. The van der Waals surface area contributed by atoms with Crippen molar-refractivity contribution in [3.8, 4) is 40.1 Å². The van der Waals surface area contributed by atoms with Crippen LogP contribution in [0.25, 0.3) is 66.7 Å². The first-order valence-corrected chi connectivity index (χ1v) is 16.6. The largest absolute Gasteiger partial charge is 0.336 e. The van der Waals surface area contributed by atoms with Crippen molar-refractivity contribution in [1.82, 2.24) is 9.13 Å². The van der Waals surface area contributed by atoms with E-state index in [1.165, 1.54) is 38.3 Å². The molecule has 6 aromatic carbocycles. The summed E-state index contributed by atoms with van der Waals surface area (Å²) in [6, 6.07) is 53.7. The van der Waals surface area contributed by atoms with E-state index in [0.29, 0.717) is 12.1 Å². The molecule has 0 atom stereocenters. The van der Waals surface area contributed by atoms with Gasteiger partial charge in [-0.05, 0) is 101 Å². The number of hydrogen-bond acceptors (Lipinski definition) is 2. The zero-order valence-corrected chi connectivity index (χ0v) is 26.8. The van der Waals surface area contributed by atoms with Crippen molar-refractivity contribution >= 4 is 38.8 Å². The monoisotopic (exact) mass is 626 g/mol. The van der Waals surface area contributed by atoms with Crippen molar-refractivity contribution < 1.29 is 0 Å². The predicted octanol–water partition coefficient (Wildman–Crippen LogP) is 10.8. The highest BCUT2D eigenvalue weighted by atomic mass is 15.0. The molecule has 0 bridgehead atoms. The summed E-state index contributed by atoms with van der Waals surface area (Å²) in [7, 11) is 0. The van der Waals surface area contributed by atoms with Crippen LogP contribution >= 0.6 is 0 Å². The minimum Gasteiger partial charge on any atom is -0.336 e. The van der Waals surface area contributed by atoms with Gasteiger partial charge in [0.25, 0.3) is 0 Å². The first-order chi connectivity index (χ1) is 24.2. The highest BCUT2D eigenvalue weighted by molar-refractivity contribution is 6.09. The molecule has 1 aliphatic carbocycles. The molecule has 4 nitrogen and oxygen atoms in total. The third kappa shape index (κ3) is 4.74. The van der Waals surface area contributed by atoms with Crippen LogP contribution in [0.2, 0.25) is 0 Å². The lowest BCUT2D eigenvalue weighted by molar-refractivity contribution is 0.810. The van der Waals surface area contributed by atoms with Gasteiger partial charge in [0.1, 0.15) is 0 Å². The number of allylic oxidation sites excluding steroid dienone is 1. The van der Waals surface area contributed by atoms with E-state index in [1.807, 2.05) is 12.1 Å². The predicted molar refractivity (Wildman–Crippen MR) is 199 cm³/mol. The average molecular weight is 627 g/mol. The van der Waals surface area contributed by atoms with E-state index in [4.69, 9.17) is 0 Å². The van der Waals surface area contributed by atoms with Gasteiger partial charge in [-0.1, -0.05) is 91.0 Å². The van der Waals surface area contributed by atoms with Gasteiger partial charge >= 0.3 is 0 Å². The van der Waals surface area contributed by atoms with E-state index in [-0.39, 0.29) is 0 Å². The Balaban J connectivity index is 1.12. The van der Waals surface area contributed by atoms with E-state index < -0.39 is 0 Å². The van der Waals surface area contributed by atoms with Gasteiger partial charge in [-0.3, -0.25) is 0 Å². The second-order valence-corrected chi connectivity index (χ2v) is 12.7. The van der Waals surface area contributed by atoms with Gasteiger partial charge in [0.05, 0.1) is 28.7 Å². The Labute approximate surface area is 284 Å². The minimum absolute atomic E-state index is 0.624. The van der Waals surface area contributed by atoms with Crippen molar-refractivity contribution in [2.45, 2.75) is 19.4 Å². The van der Waals surface area contributed by atoms with Crippen LogP contribution in [-0.4, -0.2) is 9.13 Å². The Bertz CT molecular complexity index is 2650. The van der Waals surface area contributed by atoms with E-state index >= 15 is 0 Å². The zero-order valence-electron chi connectivity index (χ0n) is 26.8. The standard InChI is InChI=1S/C45H30N4/c46-27-30-17-22-41-38-11-3-6-14-42(38)48(45(41)25-30)29-33-9-1-2-10-37(33)35-24-31(28-47)23-34(26-35)32-18-20-36(21-19-32)49-43-15-7-4-12-39(43)40-13-5-8-16-44(40)49/h1-16,18-21,23-26H,17,22,29H2. The Hall–Kier alpha value is -6.62. The summed E-state index contributed by atoms with van der Waals surface area (Å²) >= 11 is 0. The molecule has 230 valence electrons. The summed E-state index contributed by atoms with van der Waals surface area (Å²) in [6.45, 7) is 0.654. The van der Waals surface area contributed by atoms with E-state index in [9.17, 15) is 10.5 Å². The summed E-state index contributed by atoms with van der Waals surface area (Å²) < 4.78 is 4.67. The lowest BCUT2D eigenvalue weighted by atomic mass is 9.93. The maximum absolute atomic E-state index is 10.1. The van der Waals surface area contributed by atoms with E-state index in [1.54, 1.807) is 0 Å². The summed E-state index contributed by atoms with van der Waals surface area (Å²) in [5.74, 6) is 0. The third-order valence-corrected chi connectivity index (χ3v) is 9.98. The quantitative estimate of drug-likeness (QED) is 0.191. The topological polar surface area (TPSA) is 57.4 Å². The second kappa shape index (κ2) is 11.6. The number of fused-ring (bicyclic) bond motifs is 6. The molecule has 0 N–H and O–H groups in total. The summed E-state index contributed by atoms with van der Waals surface area (Å²) in [5, 5.41) is 23.6. The van der Waals surface area contributed by atoms with Gasteiger partial charge in [0.2, 0.25) is 0 Å². The fourth-order valence-corrected chi connectivity index (χ4v) is 7.71. The molecule has 0 aliphatic heterocycles. The van der Waals surface area contributed by atoms with Crippen LogP contribution < -0.4 is 0 Å². The van der Waals surface area contributed by atoms with Gasteiger partial charge < -0.3 is 9.13 Å². The summed E-state index contributed by atoms with van der Waals surface area (Å²) in [4.78, 5) is 0. The fourth-order valence-electron chi connectivity index (χ4n) is 7.71. The lowest BCUT2D eigenvalue weighted by Crippen LogP contribution is -2.06. The van der Waals surface area contributed by atoms with Crippen LogP contribution in [0.3, 0.4) is 0 Å². The average Bonchev–Trinajstić information content (AvgIpc) is 3.67. The normalized spacial score (nSPS) is 12.5. The van der Waals surface area contributed by atoms with E-state index in [2.05, 4.69) is 155 Å². The van der Waals surface area contributed by atoms with Crippen molar-refractivity contribution in [2.75, 3.05) is 0 Å². The molecule has 2 heterocycles. The van der Waals surface area contributed by atoms with Crippen LogP contribution in [0, 0.1) is 22.7 Å². The Kier molecular flexibility index (Phi) is 6.75. The highest BCUT2D eigenvalue weighted by Crippen LogP contribution is 2.37. The Morgan fingerprint density at radius 2 is 1.18 bits per heavy atom. The first kappa shape index (κ1) is 28.6. The molecule has 0 unspecified atom stereocenters. The SMILES string of the molecule is N#CC1=Cc2c(c3ccccc3n2Cc2ccccc2-c2cc(C#N)cc(-c3ccc(-n4c5ccccc5c5ccccc54)cc3)c2)CC1. The number of benzene rings is 6. The molecular formula is C45H30N4. The summed E-state index contributed by atoms with van der Waals surface area (Å²) in [5.41, 5.74) is 13.8. The van der Waals surface area contributed by atoms with Crippen molar-refractivity contribution in [3.63, 3.8) is 0 Å². The van der Waals surface area contributed by atoms with Gasteiger partial charge in [-0.25, -0.2) is 0 Å². The molecule has 49 heavy (non-hydrogen) atoms. The highest BCUT2D eigenvalue weighted by Gasteiger charge is 2.21. The van der Waals surface area contributed by atoms with Crippen LogP contribution in [0.15, 0.2) is 145 Å². The number of para-hydroxylation sites is 3. The fraction of sp³-hybridized carbons (Fsp3) is 0.0667. The number of nitrogens with zero attached hydrogens (tertiary/aromatic N) is 4. The van der Waals surface area contributed by atoms with Gasteiger partial charge in [0.15, 0.2) is 0 Å². The number of hydrogen-bond donors (Lipinski definition) is 0. The molecule has 0 saturated carbocycles. The Morgan fingerprint density at radius 1 is 0.551 bits per heavy atom. The zero-order chi connectivity index (χ0) is 32.9. The number of aromatic nitrogens is 2. The molecule has 4 heteroatoms. The number of aryl methyl sites for hydroxylation is 1. The van der Waals surface area contributed by atoms with Gasteiger partial charge in [0, 0.05) is 45.2 Å². The molecule has 0 saturated heterocycles. The van der Waals surface area contributed by atoms with Crippen molar-refractivity contribution in [1.29, 1.82) is 10.5 Å². The maximum Gasteiger partial charge on any atom is 0.0992 e. The Morgan fingerprint density at radius 3 is 1.90 bits per heavy atom. The van der Waals surface area contributed by atoms with Crippen LogP contribution in [0.4, 0.5) is 0 Å². The molecule has 2 aromatic heterocycles. The smallest absolute Gasteiger partial charge is 0.0992 e.